The Bertz CT molecular complexity index is 1170. The van der Waals surface area contributed by atoms with Gasteiger partial charge in [-0.15, -0.1) is 10.2 Å². The van der Waals surface area contributed by atoms with Crippen LogP contribution in [-0.4, -0.2) is 65.0 Å². The number of aromatic nitrogens is 2. The smallest absolute Gasteiger partial charge is 0.351 e. The number of anilines is 2. The first-order valence-electron chi connectivity index (χ1n) is 11.0. The van der Waals surface area contributed by atoms with Gasteiger partial charge in [-0.2, -0.15) is 13.2 Å². The third-order valence-electron chi connectivity index (χ3n) is 5.84. The summed E-state index contributed by atoms with van der Waals surface area (Å²) in [5.41, 5.74) is -1.77. The molecule has 2 aromatic rings. The molecule has 186 valence electrons. The number of piperazine rings is 1. The molecule has 1 fully saturated rings. The summed E-state index contributed by atoms with van der Waals surface area (Å²) in [6, 6.07) is 2.17. The van der Waals surface area contributed by atoms with E-state index in [0.29, 0.717) is 24.7 Å². The summed E-state index contributed by atoms with van der Waals surface area (Å²) in [5.74, 6) is -2.67. The van der Waals surface area contributed by atoms with Crippen molar-refractivity contribution in [3.63, 3.8) is 0 Å². The molecule has 0 radical (unpaired) electrons. The van der Waals surface area contributed by atoms with Gasteiger partial charge in [0.05, 0.1) is 23.4 Å². The maximum atomic E-state index is 13.7. The van der Waals surface area contributed by atoms with Crippen molar-refractivity contribution >= 4 is 29.2 Å². The van der Waals surface area contributed by atoms with Crippen molar-refractivity contribution in [1.82, 2.24) is 20.4 Å². The molecule has 2 N–H and O–H groups in total. The number of carbonyl (C=O) groups excluding carboxylic acids is 3. The van der Waals surface area contributed by atoms with Crippen LogP contribution in [-0.2, 0) is 11.0 Å². The monoisotopic (exact) mass is 494 g/mol. The van der Waals surface area contributed by atoms with Gasteiger partial charge in [-0.1, -0.05) is 13.3 Å². The highest BCUT2D eigenvalue weighted by Crippen LogP contribution is 2.35. The topological polar surface area (TPSA) is 108 Å². The van der Waals surface area contributed by atoms with Gasteiger partial charge >= 0.3 is 6.18 Å². The Morgan fingerprint density at radius 2 is 1.97 bits per heavy atom. The van der Waals surface area contributed by atoms with Crippen LogP contribution in [0.1, 0.15) is 46.2 Å². The standard InChI is InChI=1S/C22H22F4N6O3/c1-2-3-6-27-19(33)16-10-15-18(30-29-16)32-8-7-31(11-17(32)20(34)28-15)21(35)13-9-12(23)4-5-14(13)22(24,25)26/h4-5,9-10,17H,2-3,6-8,11H2,1H3,(H,27,33)(H,28,34). The largest absolute Gasteiger partial charge is 0.417 e. The third kappa shape index (κ3) is 4.88. The molecule has 3 heterocycles. The van der Waals surface area contributed by atoms with E-state index in [1.807, 2.05) is 6.92 Å². The van der Waals surface area contributed by atoms with E-state index in [4.69, 9.17) is 0 Å². The maximum absolute atomic E-state index is 13.7. The number of hydrogen-bond donors (Lipinski definition) is 2. The van der Waals surface area contributed by atoms with Gasteiger partial charge in [0, 0.05) is 19.6 Å². The minimum Gasteiger partial charge on any atom is -0.351 e. The predicted molar refractivity (Wildman–Crippen MR) is 116 cm³/mol. The lowest BCUT2D eigenvalue weighted by Gasteiger charge is -2.44. The molecule has 1 unspecified atom stereocenters. The molecule has 0 aliphatic carbocycles. The Labute approximate surface area is 197 Å². The first-order valence-corrected chi connectivity index (χ1v) is 11.0. The predicted octanol–water partition coefficient (Wildman–Crippen LogP) is 2.45. The van der Waals surface area contributed by atoms with E-state index in [0.717, 1.165) is 17.7 Å². The van der Waals surface area contributed by atoms with Crippen molar-refractivity contribution in [1.29, 1.82) is 0 Å². The van der Waals surface area contributed by atoms with Crippen molar-refractivity contribution in [2.45, 2.75) is 32.0 Å². The van der Waals surface area contributed by atoms with Crippen LogP contribution in [0.3, 0.4) is 0 Å². The van der Waals surface area contributed by atoms with Crippen LogP contribution in [0.25, 0.3) is 0 Å². The Morgan fingerprint density at radius 1 is 1.20 bits per heavy atom. The molecule has 4 rings (SSSR count). The molecule has 1 saturated heterocycles. The summed E-state index contributed by atoms with van der Waals surface area (Å²) in [7, 11) is 0. The number of amides is 3. The molecular formula is C22H22F4N6O3. The number of nitrogens with zero attached hydrogens (tertiary/aromatic N) is 4. The van der Waals surface area contributed by atoms with Crippen LogP contribution in [0.15, 0.2) is 24.3 Å². The minimum absolute atomic E-state index is 0.0261. The van der Waals surface area contributed by atoms with Gasteiger partial charge in [-0.05, 0) is 30.7 Å². The lowest BCUT2D eigenvalue weighted by atomic mass is 10.0. The molecule has 2 aliphatic heterocycles. The average molecular weight is 494 g/mol. The quantitative estimate of drug-likeness (QED) is 0.489. The van der Waals surface area contributed by atoms with E-state index in [1.54, 1.807) is 4.90 Å². The molecule has 1 aromatic heterocycles. The molecule has 1 atom stereocenters. The average Bonchev–Trinajstić information content (AvgIpc) is 2.82. The van der Waals surface area contributed by atoms with Crippen LogP contribution in [0.4, 0.5) is 29.1 Å². The summed E-state index contributed by atoms with van der Waals surface area (Å²) in [6.45, 7) is 2.26. The van der Waals surface area contributed by atoms with Gasteiger partial charge in [-0.25, -0.2) is 4.39 Å². The normalized spacial score (nSPS) is 17.4. The summed E-state index contributed by atoms with van der Waals surface area (Å²) >= 11 is 0. The van der Waals surface area contributed by atoms with E-state index < -0.39 is 46.9 Å². The SMILES string of the molecule is CCCCNC(=O)c1cc2c(nn1)N1CCN(C(=O)c3cc(F)ccc3C(F)(F)F)CC1C(=O)N2. The number of benzene rings is 1. The summed E-state index contributed by atoms with van der Waals surface area (Å²) in [6.07, 6.45) is -3.15. The van der Waals surface area contributed by atoms with Gasteiger partial charge in [0.15, 0.2) is 11.5 Å². The van der Waals surface area contributed by atoms with Crippen LogP contribution in [0.5, 0.6) is 0 Å². The van der Waals surface area contributed by atoms with Crippen molar-refractivity contribution in [3.05, 3.63) is 46.9 Å². The van der Waals surface area contributed by atoms with Gasteiger partial charge < -0.3 is 20.4 Å². The molecular weight excluding hydrogens is 472 g/mol. The Hall–Kier alpha value is -3.77. The van der Waals surface area contributed by atoms with Gasteiger partial charge in [0.1, 0.15) is 11.9 Å². The van der Waals surface area contributed by atoms with Gasteiger partial charge in [0.2, 0.25) is 5.91 Å². The van der Waals surface area contributed by atoms with E-state index in [9.17, 15) is 31.9 Å². The lowest BCUT2D eigenvalue weighted by Crippen LogP contribution is -2.61. The first kappa shape index (κ1) is 24.4. The second-order valence-corrected chi connectivity index (χ2v) is 8.21. The van der Waals surface area contributed by atoms with Crippen LogP contribution in [0, 0.1) is 5.82 Å². The number of halogens is 4. The zero-order valence-corrected chi connectivity index (χ0v) is 18.7. The second kappa shape index (κ2) is 9.47. The highest BCUT2D eigenvalue weighted by molar-refractivity contribution is 6.05. The Morgan fingerprint density at radius 3 is 2.69 bits per heavy atom. The van der Waals surface area contributed by atoms with Crippen LogP contribution < -0.4 is 15.5 Å². The van der Waals surface area contributed by atoms with Crippen molar-refractivity contribution < 1.29 is 31.9 Å². The number of nitrogens with one attached hydrogen (secondary N) is 2. The zero-order chi connectivity index (χ0) is 25.3. The first-order chi connectivity index (χ1) is 16.6. The molecule has 9 nitrogen and oxygen atoms in total. The molecule has 35 heavy (non-hydrogen) atoms. The second-order valence-electron chi connectivity index (χ2n) is 8.21. The third-order valence-corrected chi connectivity index (χ3v) is 5.84. The molecule has 13 heteroatoms. The van der Waals surface area contributed by atoms with E-state index in [2.05, 4.69) is 20.8 Å². The number of alkyl halides is 3. The summed E-state index contributed by atoms with van der Waals surface area (Å²) in [5, 5.41) is 13.3. The Balaban J connectivity index is 1.54. The number of hydrogen-bond acceptors (Lipinski definition) is 6. The fraction of sp³-hybridized carbons (Fsp3) is 0.409. The molecule has 2 aliphatic rings. The van der Waals surface area contributed by atoms with E-state index in [-0.39, 0.29) is 36.8 Å². The fourth-order valence-corrected chi connectivity index (χ4v) is 4.04. The Kier molecular flexibility index (Phi) is 6.59. The van der Waals surface area contributed by atoms with Gasteiger partial charge in [0.25, 0.3) is 11.8 Å². The highest BCUT2D eigenvalue weighted by atomic mass is 19.4. The van der Waals surface area contributed by atoms with Gasteiger partial charge in [-0.3, -0.25) is 14.4 Å². The van der Waals surface area contributed by atoms with E-state index in [1.165, 1.54) is 6.07 Å². The lowest BCUT2D eigenvalue weighted by molar-refractivity contribution is -0.138. The summed E-state index contributed by atoms with van der Waals surface area (Å²) < 4.78 is 53.8. The van der Waals surface area contributed by atoms with E-state index >= 15 is 0 Å². The van der Waals surface area contributed by atoms with Crippen molar-refractivity contribution in [3.8, 4) is 0 Å². The van der Waals surface area contributed by atoms with Crippen LogP contribution in [0.2, 0.25) is 0 Å². The van der Waals surface area contributed by atoms with Crippen LogP contribution >= 0.6 is 0 Å². The number of rotatable bonds is 5. The zero-order valence-electron chi connectivity index (χ0n) is 18.7. The number of carbonyl (C=O) groups is 3. The molecule has 0 spiro atoms. The fourth-order valence-electron chi connectivity index (χ4n) is 4.04. The summed E-state index contributed by atoms with van der Waals surface area (Å²) in [4.78, 5) is 40.6. The molecule has 0 saturated carbocycles. The maximum Gasteiger partial charge on any atom is 0.417 e. The van der Waals surface area contributed by atoms with Crippen molar-refractivity contribution in [2.75, 3.05) is 36.4 Å². The van der Waals surface area contributed by atoms with Crippen molar-refractivity contribution in [2.24, 2.45) is 0 Å². The molecule has 0 bridgehead atoms. The number of fused-ring (bicyclic) bond motifs is 3. The molecule has 1 aromatic carbocycles. The number of unbranched alkanes of at least 4 members (excludes halogenated alkanes) is 1. The minimum atomic E-state index is -4.85. The molecule has 3 amide bonds. The highest BCUT2D eigenvalue weighted by Gasteiger charge is 2.42.